The van der Waals surface area contributed by atoms with Crippen LogP contribution in [0.4, 0.5) is 14.9 Å². The third-order valence-electron chi connectivity index (χ3n) is 5.03. The fourth-order valence-corrected chi connectivity index (χ4v) is 4.25. The molecule has 33 heavy (non-hydrogen) atoms. The molecule has 1 aromatic carbocycles. The summed E-state index contributed by atoms with van der Waals surface area (Å²) in [6, 6.07) is 6.56. The number of nitrogens with zero attached hydrogens (tertiary/aromatic N) is 3. The van der Waals surface area contributed by atoms with Crippen molar-refractivity contribution in [2.24, 2.45) is 0 Å². The Balaban J connectivity index is 1.87. The van der Waals surface area contributed by atoms with Crippen LogP contribution in [0.3, 0.4) is 0 Å². The maximum absolute atomic E-state index is 14.3. The lowest BCUT2D eigenvalue weighted by atomic mass is 9.94. The zero-order chi connectivity index (χ0) is 24.2. The fourth-order valence-electron chi connectivity index (χ4n) is 3.32. The molecule has 2 amide bonds. The minimum Gasteiger partial charge on any atom is -0.352 e. The van der Waals surface area contributed by atoms with Gasteiger partial charge in [-0.2, -0.15) is 0 Å². The van der Waals surface area contributed by atoms with Crippen LogP contribution in [0.15, 0.2) is 60.0 Å². The first kappa shape index (κ1) is 24.4. The number of carbonyl (C=O) groups excluding carboxylic acids is 1. The Kier molecular flexibility index (Phi) is 7.50. The van der Waals surface area contributed by atoms with E-state index < -0.39 is 21.9 Å². The van der Waals surface area contributed by atoms with Crippen molar-refractivity contribution in [3.05, 3.63) is 66.5 Å². The smallest absolute Gasteiger partial charge is 0.333 e. The molecule has 0 spiro atoms. The number of likely N-dealkylation sites (N-methyl/N-ethyl adjacent to an activating group) is 1. The van der Waals surface area contributed by atoms with Crippen LogP contribution in [0.1, 0.15) is 25.3 Å². The summed E-state index contributed by atoms with van der Waals surface area (Å²) >= 11 is 0. The molecule has 0 aliphatic carbocycles. The second-order valence-electron chi connectivity index (χ2n) is 8.26. The molecule has 0 unspecified atom stereocenters. The van der Waals surface area contributed by atoms with Crippen LogP contribution < -0.4 is 10.0 Å². The van der Waals surface area contributed by atoms with Gasteiger partial charge in [0.2, 0.25) is 0 Å². The maximum Gasteiger partial charge on any atom is 0.333 e. The number of benzene rings is 1. The molecule has 0 aliphatic rings. The van der Waals surface area contributed by atoms with E-state index in [1.807, 2.05) is 37.6 Å². The summed E-state index contributed by atoms with van der Waals surface area (Å²) in [5.74, 6) is -0.594. The molecule has 3 aromatic rings. The maximum atomic E-state index is 14.3. The van der Waals surface area contributed by atoms with E-state index in [-0.39, 0.29) is 10.8 Å². The Bertz CT molecular complexity index is 1220. The summed E-state index contributed by atoms with van der Waals surface area (Å²) in [5.41, 5.74) is 1.87. The van der Waals surface area contributed by atoms with Gasteiger partial charge in [0.1, 0.15) is 10.7 Å². The Morgan fingerprint density at radius 1 is 1.24 bits per heavy atom. The van der Waals surface area contributed by atoms with Gasteiger partial charge in [0.25, 0.3) is 10.0 Å². The monoisotopic (exact) mass is 473 g/mol. The molecule has 8 nitrogen and oxygen atoms in total. The van der Waals surface area contributed by atoms with Crippen molar-refractivity contribution in [1.29, 1.82) is 0 Å². The van der Waals surface area contributed by atoms with Crippen molar-refractivity contribution in [3.8, 4) is 11.1 Å². The number of carbonyl (C=O) groups is 1. The highest BCUT2D eigenvalue weighted by atomic mass is 32.2. The van der Waals surface area contributed by atoms with Crippen LogP contribution in [0.2, 0.25) is 0 Å². The van der Waals surface area contributed by atoms with E-state index in [2.05, 4.69) is 10.3 Å². The molecule has 2 heterocycles. The third-order valence-corrected chi connectivity index (χ3v) is 6.35. The van der Waals surface area contributed by atoms with Crippen LogP contribution in [-0.2, 0) is 16.6 Å². The first-order chi connectivity index (χ1) is 15.6. The van der Waals surface area contributed by atoms with Crippen LogP contribution in [-0.4, -0.2) is 49.5 Å². The number of pyridine rings is 1. The lowest BCUT2D eigenvalue weighted by molar-refractivity contribution is 0.256. The summed E-state index contributed by atoms with van der Waals surface area (Å²) < 4.78 is 43.6. The lowest BCUT2D eigenvalue weighted by Crippen LogP contribution is -2.34. The van der Waals surface area contributed by atoms with E-state index in [0.29, 0.717) is 28.9 Å². The Morgan fingerprint density at radius 3 is 2.64 bits per heavy atom. The van der Waals surface area contributed by atoms with E-state index in [1.165, 1.54) is 24.4 Å². The number of sulfonamides is 1. The van der Waals surface area contributed by atoms with Crippen molar-refractivity contribution in [2.75, 3.05) is 26.0 Å². The topological polar surface area (TPSA) is 96.3 Å². The molecule has 0 saturated heterocycles. The first-order valence-corrected chi connectivity index (χ1v) is 11.9. The Hall–Kier alpha value is -3.24. The SMILES string of the molecule is CC(C)c1cc(F)cc(-c2cccnc2)c1NC(=O)NS(=O)(=O)c1ccn(CCN(C)C)c1. The third kappa shape index (κ3) is 6.17. The highest BCUT2D eigenvalue weighted by Crippen LogP contribution is 2.35. The number of rotatable bonds is 8. The number of amides is 2. The predicted molar refractivity (Wildman–Crippen MR) is 126 cm³/mol. The van der Waals surface area contributed by atoms with Crippen LogP contribution in [0.5, 0.6) is 0 Å². The standard InChI is InChI=1S/C23H28FN5O3S/c1-16(2)20-12-18(24)13-21(17-6-5-8-25-14-17)22(20)26-23(30)27-33(31,32)19-7-9-29(15-19)11-10-28(3)4/h5-9,12-16H,10-11H2,1-4H3,(H2,26,27,30). The highest BCUT2D eigenvalue weighted by molar-refractivity contribution is 7.90. The van der Waals surface area contributed by atoms with Crippen molar-refractivity contribution in [1.82, 2.24) is 19.2 Å². The number of hydrogen-bond donors (Lipinski definition) is 2. The van der Waals surface area contributed by atoms with E-state index in [1.54, 1.807) is 35.3 Å². The van der Waals surface area contributed by atoms with Crippen molar-refractivity contribution in [3.63, 3.8) is 0 Å². The first-order valence-electron chi connectivity index (χ1n) is 10.4. The number of urea groups is 1. The van der Waals surface area contributed by atoms with Gasteiger partial charge >= 0.3 is 6.03 Å². The molecule has 2 aromatic heterocycles. The number of nitrogens with one attached hydrogen (secondary N) is 2. The second kappa shape index (κ2) is 10.1. The van der Waals surface area contributed by atoms with Gasteiger partial charge < -0.3 is 14.8 Å². The molecule has 0 radical (unpaired) electrons. The summed E-state index contributed by atoms with van der Waals surface area (Å²) in [6.45, 7) is 5.06. The summed E-state index contributed by atoms with van der Waals surface area (Å²) in [4.78, 5) is 18.8. The number of hydrogen-bond acceptors (Lipinski definition) is 5. The molecule has 0 fully saturated rings. The van der Waals surface area contributed by atoms with Gasteiger partial charge in [-0.15, -0.1) is 0 Å². The quantitative estimate of drug-likeness (QED) is 0.518. The van der Waals surface area contributed by atoms with Crippen LogP contribution in [0, 0.1) is 5.82 Å². The summed E-state index contributed by atoms with van der Waals surface area (Å²) in [7, 11) is -0.250. The Labute approximate surface area is 193 Å². The number of halogens is 1. The Morgan fingerprint density at radius 2 is 2.00 bits per heavy atom. The van der Waals surface area contributed by atoms with Gasteiger partial charge in [0.05, 0.1) is 5.69 Å². The minimum atomic E-state index is -4.10. The van der Waals surface area contributed by atoms with Crippen molar-refractivity contribution in [2.45, 2.75) is 31.2 Å². The largest absolute Gasteiger partial charge is 0.352 e. The summed E-state index contributed by atoms with van der Waals surface area (Å²) in [5, 5.41) is 2.62. The molecule has 3 rings (SSSR count). The van der Waals surface area contributed by atoms with E-state index in [0.717, 1.165) is 6.54 Å². The van der Waals surface area contributed by atoms with E-state index in [4.69, 9.17) is 0 Å². The van der Waals surface area contributed by atoms with Gasteiger partial charge in [-0.3, -0.25) is 4.98 Å². The van der Waals surface area contributed by atoms with Crippen molar-refractivity contribution < 1.29 is 17.6 Å². The van der Waals surface area contributed by atoms with E-state index >= 15 is 0 Å². The number of aromatic nitrogens is 2. The zero-order valence-electron chi connectivity index (χ0n) is 19.0. The fraction of sp³-hybridized carbons (Fsp3) is 0.304. The predicted octanol–water partition coefficient (Wildman–Crippen LogP) is 3.88. The van der Waals surface area contributed by atoms with Crippen molar-refractivity contribution >= 4 is 21.7 Å². The van der Waals surface area contributed by atoms with Crippen LogP contribution in [0.25, 0.3) is 11.1 Å². The highest BCUT2D eigenvalue weighted by Gasteiger charge is 2.22. The van der Waals surface area contributed by atoms with Gasteiger partial charge in [-0.05, 0) is 49.8 Å². The van der Waals surface area contributed by atoms with Gasteiger partial charge in [0.15, 0.2) is 0 Å². The molecule has 0 bridgehead atoms. The lowest BCUT2D eigenvalue weighted by Gasteiger charge is -2.19. The molecule has 0 aliphatic heterocycles. The average Bonchev–Trinajstić information content (AvgIpc) is 3.23. The molecule has 2 N–H and O–H groups in total. The zero-order valence-corrected chi connectivity index (χ0v) is 19.9. The molecular weight excluding hydrogens is 445 g/mol. The second-order valence-corrected chi connectivity index (χ2v) is 9.94. The molecule has 10 heteroatoms. The normalized spacial score (nSPS) is 11.7. The van der Waals surface area contributed by atoms with E-state index in [9.17, 15) is 17.6 Å². The van der Waals surface area contributed by atoms with Gasteiger partial charge in [-0.1, -0.05) is 19.9 Å². The molecule has 0 saturated carbocycles. The molecule has 0 atom stereocenters. The summed E-state index contributed by atoms with van der Waals surface area (Å²) in [6.07, 6.45) is 6.25. The molecule has 176 valence electrons. The van der Waals surface area contributed by atoms with Gasteiger partial charge in [0, 0.05) is 49.0 Å². The number of anilines is 1. The minimum absolute atomic E-state index is 0.0212. The molecular formula is C23H28FN5O3S. The van der Waals surface area contributed by atoms with Crippen LogP contribution >= 0.6 is 0 Å². The van der Waals surface area contributed by atoms with Gasteiger partial charge in [-0.25, -0.2) is 22.3 Å². The average molecular weight is 474 g/mol.